The summed E-state index contributed by atoms with van der Waals surface area (Å²) in [5.41, 5.74) is 8.47. The smallest absolute Gasteiger partial charge is 0.408 e. The number of aryl methyl sites for hydroxylation is 1. The number of thiazole rings is 1. The van der Waals surface area contributed by atoms with Gasteiger partial charge in [0.2, 0.25) is 5.91 Å². The van der Waals surface area contributed by atoms with Gasteiger partial charge in [-0.3, -0.25) is 15.0 Å². The maximum Gasteiger partial charge on any atom is 0.408 e. The number of nitrogens with one attached hydrogen (secondary N) is 1. The number of pyridine rings is 1. The summed E-state index contributed by atoms with van der Waals surface area (Å²) in [4.78, 5) is 47.9. The summed E-state index contributed by atoms with van der Waals surface area (Å²) in [7, 11) is 0. The second kappa shape index (κ2) is 10.2. The number of carbonyl (C=O) groups excluding carboxylic acids is 2. The van der Waals surface area contributed by atoms with Gasteiger partial charge in [0.25, 0.3) is 0 Å². The topological polar surface area (TPSA) is 166 Å². The van der Waals surface area contributed by atoms with Crippen molar-refractivity contribution in [1.82, 2.24) is 19.8 Å². The van der Waals surface area contributed by atoms with E-state index >= 15 is 0 Å². The monoisotopic (exact) mass is 525 g/mol. The lowest BCUT2D eigenvalue weighted by molar-refractivity contribution is -0.124. The number of piperazine rings is 1. The number of aromatic nitrogens is 2. The van der Waals surface area contributed by atoms with Gasteiger partial charge in [-0.1, -0.05) is 35.1 Å². The minimum absolute atomic E-state index is 0.0551. The number of carboxylic acid groups (broad SMARTS) is 1. The van der Waals surface area contributed by atoms with Crippen LogP contribution in [0.1, 0.15) is 11.3 Å². The van der Waals surface area contributed by atoms with Crippen LogP contribution in [0.2, 0.25) is 5.15 Å². The van der Waals surface area contributed by atoms with Crippen LogP contribution in [-0.2, 0) is 4.79 Å². The van der Waals surface area contributed by atoms with Crippen molar-refractivity contribution in [2.75, 3.05) is 25.0 Å². The Labute approximate surface area is 214 Å². The van der Waals surface area contributed by atoms with E-state index in [-0.39, 0.29) is 24.8 Å². The third kappa shape index (κ3) is 5.22. The molecule has 1 aliphatic heterocycles. The van der Waals surface area contributed by atoms with Crippen LogP contribution >= 0.6 is 22.9 Å². The molecular weight excluding hydrogens is 506 g/mol. The average molecular weight is 526 g/mol. The van der Waals surface area contributed by atoms with E-state index in [1.165, 1.54) is 16.2 Å². The molecule has 0 unspecified atom stereocenters. The average Bonchev–Trinajstić information content (AvgIpc) is 3.26. The van der Waals surface area contributed by atoms with Crippen molar-refractivity contribution in [3.63, 3.8) is 0 Å². The molecule has 0 aliphatic carbocycles. The molecule has 3 heterocycles. The Kier molecular flexibility index (Phi) is 7.05. The van der Waals surface area contributed by atoms with Crippen LogP contribution in [0.25, 0.3) is 21.7 Å². The van der Waals surface area contributed by atoms with Gasteiger partial charge in [0.15, 0.2) is 5.13 Å². The number of urea groups is 1. The van der Waals surface area contributed by atoms with Gasteiger partial charge in [-0.05, 0) is 36.8 Å². The molecule has 4 rings (SSSR count). The summed E-state index contributed by atoms with van der Waals surface area (Å²) in [6.07, 6.45) is -1.28. The molecule has 13 heteroatoms. The summed E-state index contributed by atoms with van der Waals surface area (Å²) < 4.78 is 0. The second-order valence-corrected chi connectivity index (χ2v) is 9.37. The van der Waals surface area contributed by atoms with E-state index in [0.29, 0.717) is 32.5 Å². The molecule has 0 radical (unpaired) electrons. The van der Waals surface area contributed by atoms with Crippen LogP contribution < -0.4 is 11.1 Å². The lowest BCUT2D eigenvalue weighted by atomic mass is 10.1. The van der Waals surface area contributed by atoms with Crippen molar-refractivity contribution in [2.24, 2.45) is 5.73 Å². The first-order valence-corrected chi connectivity index (χ1v) is 11.9. The summed E-state index contributed by atoms with van der Waals surface area (Å²) in [5.74, 6) is -0.837. The highest BCUT2D eigenvalue weighted by atomic mass is 35.5. The third-order valence-corrected chi connectivity index (χ3v) is 6.75. The van der Waals surface area contributed by atoms with Gasteiger partial charge in [0.05, 0.1) is 28.7 Å². The Bertz CT molecular complexity index is 1380. The number of primary amides is 1. The predicted octanol–water partition coefficient (Wildman–Crippen LogP) is 3.39. The predicted molar refractivity (Wildman–Crippen MR) is 134 cm³/mol. The largest absolute Gasteiger partial charge is 0.465 e. The number of rotatable bonds is 4. The number of carbonyl (C=O) groups is 3. The maximum absolute atomic E-state index is 13.0. The van der Waals surface area contributed by atoms with Crippen molar-refractivity contribution >= 4 is 46.1 Å². The van der Waals surface area contributed by atoms with Gasteiger partial charge in [-0.25, -0.2) is 19.6 Å². The van der Waals surface area contributed by atoms with E-state index in [2.05, 4.69) is 21.4 Å². The van der Waals surface area contributed by atoms with Gasteiger partial charge in [0.1, 0.15) is 11.2 Å². The highest BCUT2D eigenvalue weighted by Gasteiger charge is 2.36. The first kappa shape index (κ1) is 24.9. The van der Waals surface area contributed by atoms with E-state index in [9.17, 15) is 24.8 Å². The molecule has 1 aliphatic rings. The Morgan fingerprint density at radius 1 is 1.22 bits per heavy atom. The van der Waals surface area contributed by atoms with Gasteiger partial charge in [0, 0.05) is 24.3 Å². The van der Waals surface area contributed by atoms with Crippen molar-refractivity contribution in [1.29, 1.82) is 5.26 Å². The molecule has 0 bridgehead atoms. The van der Waals surface area contributed by atoms with Crippen LogP contribution in [0.5, 0.6) is 0 Å². The number of halogens is 1. The zero-order chi connectivity index (χ0) is 26.0. The Balaban J connectivity index is 1.67. The lowest BCUT2D eigenvalue weighted by Crippen LogP contribution is -2.61. The third-order valence-electron chi connectivity index (χ3n) is 5.53. The first-order chi connectivity index (χ1) is 17.2. The van der Waals surface area contributed by atoms with Gasteiger partial charge in [-0.15, -0.1) is 0 Å². The number of hydrogen-bond donors (Lipinski definition) is 3. The summed E-state index contributed by atoms with van der Waals surface area (Å²) in [5, 5.41) is 21.9. The fraction of sp³-hybridized carbons (Fsp3) is 0.217. The molecule has 11 nitrogen and oxygen atoms in total. The molecule has 0 spiro atoms. The highest BCUT2D eigenvalue weighted by molar-refractivity contribution is 7.19. The fourth-order valence-electron chi connectivity index (χ4n) is 3.87. The molecule has 184 valence electrons. The number of nitrogens with zero attached hydrogens (tertiary/aromatic N) is 5. The van der Waals surface area contributed by atoms with Crippen molar-refractivity contribution in [3.05, 3.63) is 52.8 Å². The van der Waals surface area contributed by atoms with Crippen molar-refractivity contribution in [2.45, 2.75) is 13.0 Å². The Morgan fingerprint density at radius 2 is 2.00 bits per heavy atom. The van der Waals surface area contributed by atoms with Crippen LogP contribution in [0, 0.1) is 18.3 Å². The van der Waals surface area contributed by atoms with Gasteiger partial charge < -0.3 is 15.7 Å². The molecule has 1 atom stereocenters. The van der Waals surface area contributed by atoms with E-state index in [1.807, 2.05) is 12.1 Å². The molecule has 2 aromatic heterocycles. The minimum Gasteiger partial charge on any atom is -0.465 e. The number of nitrogens with two attached hydrogens (primary N) is 1. The maximum atomic E-state index is 13.0. The van der Waals surface area contributed by atoms with Crippen LogP contribution in [0.15, 0.2) is 36.4 Å². The van der Waals surface area contributed by atoms with Crippen LogP contribution in [0.4, 0.5) is 14.7 Å². The van der Waals surface area contributed by atoms with Gasteiger partial charge >= 0.3 is 12.1 Å². The standard InChI is InChI=1S/C23H20ClN7O4S/c1-12-7-15(9-17(24)27-12)19-18(14-4-2-3-13(8-14)10-25)28-21(36-19)29-22(33)30-5-6-31(23(34)35)16(11-30)20(26)32/h2-4,7-9,16H,5-6,11H2,1H3,(H2,26,32)(H,34,35)(H,28,29,33)/t16-/m1/s1. The highest BCUT2D eigenvalue weighted by Crippen LogP contribution is 2.40. The van der Waals surface area contributed by atoms with E-state index < -0.39 is 24.1 Å². The number of hydrogen-bond acceptors (Lipinski definition) is 7. The Morgan fingerprint density at radius 3 is 2.67 bits per heavy atom. The summed E-state index contributed by atoms with van der Waals surface area (Å²) >= 11 is 7.39. The summed E-state index contributed by atoms with van der Waals surface area (Å²) in [6.45, 7) is 1.65. The second-order valence-electron chi connectivity index (χ2n) is 7.98. The van der Waals surface area contributed by atoms with Crippen LogP contribution in [-0.4, -0.2) is 68.6 Å². The molecule has 36 heavy (non-hydrogen) atoms. The minimum atomic E-state index is -1.28. The molecule has 1 aromatic carbocycles. The number of anilines is 1. The van der Waals surface area contributed by atoms with Crippen molar-refractivity contribution in [3.8, 4) is 27.8 Å². The van der Waals surface area contributed by atoms with E-state index in [4.69, 9.17) is 17.3 Å². The SMILES string of the molecule is Cc1cc(-c2sc(NC(=O)N3CCN(C(=O)O)[C@@H](C(N)=O)C3)nc2-c2cccc(C#N)c2)cc(Cl)n1. The number of nitriles is 1. The van der Waals surface area contributed by atoms with Gasteiger partial charge in [-0.2, -0.15) is 5.26 Å². The molecule has 1 fully saturated rings. The molecular formula is C23H20ClN7O4S. The summed E-state index contributed by atoms with van der Waals surface area (Å²) in [6, 6.07) is 10.9. The fourth-order valence-corrected chi connectivity index (χ4v) is 5.09. The van der Waals surface area contributed by atoms with E-state index in [1.54, 1.807) is 31.2 Å². The van der Waals surface area contributed by atoms with Crippen molar-refractivity contribution < 1.29 is 19.5 Å². The molecule has 0 saturated carbocycles. The molecule has 4 N–H and O–H groups in total. The normalized spacial score (nSPS) is 15.3. The first-order valence-electron chi connectivity index (χ1n) is 10.7. The zero-order valence-electron chi connectivity index (χ0n) is 18.9. The van der Waals surface area contributed by atoms with Crippen LogP contribution in [0.3, 0.4) is 0 Å². The Hall–Kier alpha value is -4.21. The molecule has 3 aromatic rings. The quantitative estimate of drug-likeness (QED) is 0.439. The number of benzene rings is 1. The zero-order valence-corrected chi connectivity index (χ0v) is 20.5. The lowest BCUT2D eigenvalue weighted by Gasteiger charge is -2.37. The molecule has 4 amide bonds. The molecule has 1 saturated heterocycles. The number of amides is 4. The van der Waals surface area contributed by atoms with E-state index in [0.717, 1.165) is 10.5 Å².